The summed E-state index contributed by atoms with van der Waals surface area (Å²) in [5.41, 5.74) is 2.88. The molecule has 0 saturated heterocycles. The van der Waals surface area contributed by atoms with Crippen molar-refractivity contribution in [2.45, 2.75) is 31.9 Å². The lowest BCUT2D eigenvalue weighted by molar-refractivity contribution is 0.102. The zero-order chi connectivity index (χ0) is 23.5. The monoisotopic (exact) mass is 490 g/mol. The second-order valence-electron chi connectivity index (χ2n) is 8.46. The van der Waals surface area contributed by atoms with Gasteiger partial charge in [0.25, 0.3) is 5.91 Å². The summed E-state index contributed by atoms with van der Waals surface area (Å²) >= 11 is 12.0. The highest BCUT2D eigenvalue weighted by Gasteiger charge is 2.16. The molecule has 0 aromatic heterocycles. The number of benzene rings is 3. The molecule has 0 aliphatic heterocycles. The van der Waals surface area contributed by atoms with Gasteiger partial charge in [-0.15, -0.1) is 0 Å². The van der Waals surface area contributed by atoms with E-state index in [4.69, 9.17) is 23.2 Å². The Morgan fingerprint density at radius 1 is 0.906 bits per heavy atom. The summed E-state index contributed by atoms with van der Waals surface area (Å²) in [6, 6.07) is 18.6. The highest BCUT2D eigenvalue weighted by atomic mass is 35.5. The molecular weight excluding hydrogens is 467 g/mol. The van der Waals surface area contributed by atoms with E-state index in [0.29, 0.717) is 27.5 Å². The van der Waals surface area contributed by atoms with Crippen molar-refractivity contribution in [3.05, 3.63) is 93.5 Å². The highest BCUT2D eigenvalue weighted by molar-refractivity contribution is 7.91. The van der Waals surface area contributed by atoms with Crippen molar-refractivity contribution < 1.29 is 13.2 Å². The number of halogens is 2. The number of anilines is 2. The number of sulfonamides is 1. The smallest absolute Gasteiger partial charge is 0.255 e. The Hall–Kier alpha value is -2.54. The van der Waals surface area contributed by atoms with E-state index in [2.05, 4.69) is 30.8 Å². The SMILES string of the molecule is CC(C)(C)c1ccc(C(=O)Nc2cccc(NS(=O)(=O)Cc3ccc(Cl)cc3Cl)c2)cc1. The van der Waals surface area contributed by atoms with Gasteiger partial charge in [0.1, 0.15) is 0 Å². The van der Waals surface area contributed by atoms with Crippen molar-refractivity contribution >= 4 is 50.5 Å². The number of nitrogens with one attached hydrogen (secondary N) is 2. The standard InChI is InChI=1S/C24H24Cl2N2O3S/c1-24(2,3)18-10-7-16(8-11-18)23(29)27-20-5-4-6-21(14-20)28-32(30,31)15-17-9-12-19(25)13-22(17)26/h4-14,28H,15H2,1-3H3,(H,27,29). The van der Waals surface area contributed by atoms with Crippen LogP contribution in [0.3, 0.4) is 0 Å². The number of carbonyl (C=O) groups is 1. The third-order valence-corrected chi connectivity index (χ3v) is 6.59. The van der Waals surface area contributed by atoms with E-state index in [1.54, 1.807) is 48.5 Å². The van der Waals surface area contributed by atoms with Gasteiger partial charge in [-0.3, -0.25) is 9.52 Å². The van der Waals surface area contributed by atoms with Crippen LogP contribution < -0.4 is 10.0 Å². The third-order valence-electron chi connectivity index (χ3n) is 4.77. The first-order valence-corrected chi connectivity index (χ1v) is 12.3. The molecule has 8 heteroatoms. The molecule has 0 saturated carbocycles. The average molecular weight is 491 g/mol. The summed E-state index contributed by atoms with van der Waals surface area (Å²) in [6.45, 7) is 6.32. The molecule has 0 atom stereocenters. The van der Waals surface area contributed by atoms with Gasteiger partial charge >= 0.3 is 0 Å². The first kappa shape index (κ1) is 24.1. The van der Waals surface area contributed by atoms with Gasteiger partial charge in [-0.2, -0.15) is 0 Å². The Bertz CT molecular complexity index is 1230. The van der Waals surface area contributed by atoms with Crippen molar-refractivity contribution in [2.75, 3.05) is 10.0 Å². The van der Waals surface area contributed by atoms with E-state index in [1.165, 1.54) is 6.07 Å². The van der Waals surface area contributed by atoms with Crippen LogP contribution >= 0.6 is 23.2 Å². The number of hydrogen-bond donors (Lipinski definition) is 2. The lowest BCUT2D eigenvalue weighted by Crippen LogP contribution is -2.16. The maximum absolute atomic E-state index is 12.6. The molecular formula is C24H24Cl2N2O3S. The van der Waals surface area contributed by atoms with Gasteiger partial charge < -0.3 is 5.32 Å². The van der Waals surface area contributed by atoms with Crippen molar-refractivity contribution in [1.82, 2.24) is 0 Å². The Balaban J connectivity index is 1.70. The molecule has 3 aromatic carbocycles. The fourth-order valence-corrected chi connectivity index (χ4v) is 4.82. The molecule has 0 radical (unpaired) electrons. The molecule has 0 aliphatic carbocycles. The van der Waals surface area contributed by atoms with Crippen molar-refractivity contribution in [1.29, 1.82) is 0 Å². The van der Waals surface area contributed by atoms with Gasteiger partial charge in [0.05, 0.1) is 11.4 Å². The minimum absolute atomic E-state index is 0.00324. The van der Waals surface area contributed by atoms with E-state index in [1.807, 2.05) is 12.1 Å². The molecule has 0 heterocycles. The van der Waals surface area contributed by atoms with Crippen LogP contribution in [0.5, 0.6) is 0 Å². The van der Waals surface area contributed by atoms with Crippen LogP contribution in [0.15, 0.2) is 66.7 Å². The molecule has 3 aromatic rings. The van der Waals surface area contributed by atoms with Crippen LogP contribution in [0, 0.1) is 0 Å². The van der Waals surface area contributed by atoms with Crippen LogP contribution in [-0.2, 0) is 21.2 Å². The Labute approximate surface area is 198 Å². The van der Waals surface area contributed by atoms with Crippen molar-refractivity contribution in [3.8, 4) is 0 Å². The molecule has 0 aliphatic rings. The Morgan fingerprint density at radius 3 is 2.19 bits per heavy atom. The lowest BCUT2D eigenvalue weighted by Gasteiger charge is -2.19. The molecule has 0 bridgehead atoms. The molecule has 168 valence electrons. The zero-order valence-corrected chi connectivity index (χ0v) is 20.3. The Morgan fingerprint density at radius 2 is 1.56 bits per heavy atom. The molecule has 32 heavy (non-hydrogen) atoms. The molecule has 1 amide bonds. The van der Waals surface area contributed by atoms with Crippen LogP contribution in [0.25, 0.3) is 0 Å². The fourth-order valence-electron chi connectivity index (χ4n) is 3.04. The number of carbonyl (C=O) groups excluding carboxylic acids is 1. The second kappa shape index (κ2) is 9.53. The van der Waals surface area contributed by atoms with E-state index < -0.39 is 10.0 Å². The van der Waals surface area contributed by atoms with Crippen LogP contribution in [0.4, 0.5) is 11.4 Å². The summed E-state index contributed by atoms with van der Waals surface area (Å²) in [4.78, 5) is 12.6. The van der Waals surface area contributed by atoms with Gasteiger partial charge in [-0.25, -0.2) is 8.42 Å². The van der Waals surface area contributed by atoms with Gasteiger partial charge in [-0.05, 0) is 59.0 Å². The second-order valence-corrected chi connectivity index (χ2v) is 11.0. The summed E-state index contributed by atoms with van der Waals surface area (Å²) in [5, 5.41) is 3.51. The topological polar surface area (TPSA) is 75.3 Å². The van der Waals surface area contributed by atoms with E-state index in [0.717, 1.165) is 5.56 Å². The number of hydrogen-bond acceptors (Lipinski definition) is 3. The first-order valence-electron chi connectivity index (χ1n) is 9.89. The quantitative estimate of drug-likeness (QED) is 0.414. The largest absolute Gasteiger partial charge is 0.322 e. The maximum atomic E-state index is 12.6. The lowest BCUT2D eigenvalue weighted by atomic mass is 9.87. The van der Waals surface area contributed by atoms with Gasteiger partial charge in [0.2, 0.25) is 10.0 Å². The van der Waals surface area contributed by atoms with Gasteiger partial charge in [-0.1, -0.05) is 68.2 Å². The highest BCUT2D eigenvalue weighted by Crippen LogP contribution is 2.25. The molecule has 2 N–H and O–H groups in total. The van der Waals surface area contributed by atoms with E-state index in [-0.39, 0.29) is 22.1 Å². The molecule has 0 spiro atoms. The zero-order valence-electron chi connectivity index (χ0n) is 17.9. The van der Waals surface area contributed by atoms with Gasteiger partial charge in [0.15, 0.2) is 0 Å². The molecule has 5 nitrogen and oxygen atoms in total. The fraction of sp³-hybridized carbons (Fsp3) is 0.208. The number of amides is 1. The van der Waals surface area contributed by atoms with Crippen molar-refractivity contribution in [2.24, 2.45) is 0 Å². The van der Waals surface area contributed by atoms with Gasteiger partial charge in [0, 0.05) is 21.3 Å². The minimum Gasteiger partial charge on any atom is -0.322 e. The predicted octanol–water partition coefficient (Wildman–Crippen LogP) is 6.49. The maximum Gasteiger partial charge on any atom is 0.255 e. The van der Waals surface area contributed by atoms with E-state index in [9.17, 15) is 13.2 Å². The third kappa shape index (κ3) is 6.48. The minimum atomic E-state index is -3.73. The normalized spacial score (nSPS) is 11.8. The molecule has 0 fully saturated rings. The summed E-state index contributed by atoms with van der Waals surface area (Å²) < 4.78 is 27.7. The summed E-state index contributed by atoms with van der Waals surface area (Å²) in [6.07, 6.45) is 0. The molecule has 0 unspecified atom stereocenters. The van der Waals surface area contributed by atoms with Crippen molar-refractivity contribution in [3.63, 3.8) is 0 Å². The summed E-state index contributed by atoms with van der Waals surface area (Å²) in [7, 11) is -3.73. The summed E-state index contributed by atoms with van der Waals surface area (Å²) in [5.74, 6) is -0.585. The predicted molar refractivity (Wildman–Crippen MR) is 132 cm³/mol. The van der Waals surface area contributed by atoms with Crippen LogP contribution in [0.2, 0.25) is 10.0 Å². The van der Waals surface area contributed by atoms with Crippen LogP contribution in [-0.4, -0.2) is 14.3 Å². The first-order chi connectivity index (χ1) is 14.9. The average Bonchev–Trinajstić information content (AvgIpc) is 2.69. The van der Waals surface area contributed by atoms with E-state index >= 15 is 0 Å². The molecule has 3 rings (SSSR count). The Kier molecular flexibility index (Phi) is 7.18. The number of rotatable bonds is 6. The van der Waals surface area contributed by atoms with Crippen LogP contribution in [0.1, 0.15) is 42.3 Å².